The molecule has 0 spiro atoms. The first-order valence-corrected chi connectivity index (χ1v) is 8.01. The predicted molar refractivity (Wildman–Crippen MR) is 86.8 cm³/mol. The maximum Gasteiger partial charge on any atom is 0.673 e. The molecule has 0 aromatic rings. The highest BCUT2D eigenvalue weighted by atomic mass is 35.5. The molecule has 0 saturated heterocycles. The minimum atomic E-state index is -6.00. The summed E-state index contributed by atoms with van der Waals surface area (Å²) in [6.45, 7) is 6.47. The largest absolute Gasteiger partial charge is 0.673 e. The summed E-state index contributed by atoms with van der Waals surface area (Å²) >= 11 is 6.27. The van der Waals surface area contributed by atoms with Gasteiger partial charge in [0.05, 0.1) is 17.2 Å². The molecule has 3 nitrogen and oxygen atoms in total. The number of halogens is 5. The first kappa shape index (κ1) is 21.7. The zero-order chi connectivity index (χ0) is 17.9. The van der Waals surface area contributed by atoms with Crippen molar-refractivity contribution in [2.24, 2.45) is 0 Å². The SMILES string of the molecule is CCCCN(CCCC)C1=CCC(=[N+]=[N-])C=C1Cl.F[B-](F)(F)F. The second kappa shape index (κ2) is 11.3. The summed E-state index contributed by atoms with van der Waals surface area (Å²) in [7, 11) is -6.00. The molecule has 23 heavy (non-hydrogen) atoms. The van der Waals surface area contributed by atoms with Crippen LogP contribution in [0, 0.1) is 0 Å². The van der Waals surface area contributed by atoms with Gasteiger partial charge in [-0.1, -0.05) is 38.3 Å². The fourth-order valence-electron chi connectivity index (χ4n) is 1.98. The van der Waals surface area contributed by atoms with Gasteiger partial charge in [-0.25, -0.2) is 0 Å². The molecule has 1 aliphatic rings. The van der Waals surface area contributed by atoms with Gasteiger partial charge in [-0.2, -0.15) is 4.79 Å². The molecule has 0 N–H and O–H groups in total. The molecule has 9 heteroatoms. The minimum Gasteiger partial charge on any atom is -0.418 e. The molecule has 0 aliphatic heterocycles. The van der Waals surface area contributed by atoms with E-state index in [0.717, 1.165) is 18.8 Å². The molecule has 0 aromatic heterocycles. The normalized spacial score (nSPS) is 14.3. The van der Waals surface area contributed by atoms with E-state index in [9.17, 15) is 17.3 Å². The van der Waals surface area contributed by atoms with Crippen LogP contribution in [0.3, 0.4) is 0 Å². The average Bonchev–Trinajstić information content (AvgIpc) is 2.46. The lowest BCUT2D eigenvalue weighted by Crippen LogP contribution is -2.27. The van der Waals surface area contributed by atoms with Gasteiger partial charge in [0.1, 0.15) is 0 Å². The Labute approximate surface area is 139 Å². The molecular weight excluding hydrogens is 332 g/mol. The number of hydrogen-bond acceptors (Lipinski definition) is 1. The van der Waals surface area contributed by atoms with E-state index in [2.05, 4.69) is 29.6 Å². The summed E-state index contributed by atoms with van der Waals surface area (Å²) in [4.78, 5) is 5.56. The maximum absolute atomic E-state index is 9.75. The lowest BCUT2D eigenvalue weighted by atomic mass is 10.1. The van der Waals surface area contributed by atoms with E-state index in [0.29, 0.717) is 17.2 Å². The third kappa shape index (κ3) is 11.0. The van der Waals surface area contributed by atoms with Crippen molar-refractivity contribution >= 4 is 24.6 Å². The average molecular weight is 355 g/mol. The van der Waals surface area contributed by atoms with E-state index < -0.39 is 7.25 Å². The van der Waals surface area contributed by atoms with Crippen LogP contribution in [0.15, 0.2) is 22.9 Å². The van der Waals surface area contributed by atoms with Crippen LogP contribution in [-0.2, 0) is 0 Å². The van der Waals surface area contributed by atoms with Crippen molar-refractivity contribution < 1.29 is 22.1 Å². The number of unbranched alkanes of at least 4 members (excludes halogenated alkanes) is 2. The molecule has 0 aromatic carbocycles. The number of allylic oxidation sites excluding steroid dienone is 3. The molecule has 0 heterocycles. The van der Waals surface area contributed by atoms with Crippen molar-refractivity contribution in [3.8, 4) is 0 Å². The molecule has 0 radical (unpaired) electrons. The van der Waals surface area contributed by atoms with Crippen LogP contribution >= 0.6 is 11.6 Å². The summed E-state index contributed by atoms with van der Waals surface area (Å²) in [5, 5.41) is 0.682. The first-order chi connectivity index (χ1) is 10.7. The molecule has 0 amide bonds. The Morgan fingerprint density at radius 2 is 1.65 bits per heavy atom. The van der Waals surface area contributed by atoms with Gasteiger partial charge in [-0.05, 0) is 18.9 Å². The Bertz CT molecular complexity index is 457. The van der Waals surface area contributed by atoms with Crippen molar-refractivity contribution in [1.82, 2.24) is 4.90 Å². The Kier molecular flexibility index (Phi) is 10.7. The van der Waals surface area contributed by atoms with Crippen molar-refractivity contribution in [1.29, 1.82) is 0 Å². The lowest BCUT2D eigenvalue weighted by molar-refractivity contribution is -0.00550. The van der Waals surface area contributed by atoms with E-state index in [4.69, 9.17) is 17.1 Å². The first-order valence-electron chi connectivity index (χ1n) is 7.63. The van der Waals surface area contributed by atoms with Gasteiger partial charge >= 0.3 is 7.25 Å². The Balaban J connectivity index is 0.000000841. The van der Waals surface area contributed by atoms with Gasteiger partial charge in [0.15, 0.2) is 0 Å². The van der Waals surface area contributed by atoms with Gasteiger partial charge in [-0.3, -0.25) is 0 Å². The van der Waals surface area contributed by atoms with E-state index in [1.165, 1.54) is 25.7 Å². The van der Waals surface area contributed by atoms with E-state index in [1.54, 1.807) is 6.08 Å². The Morgan fingerprint density at radius 3 is 2.00 bits per heavy atom. The van der Waals surface area contributed by atoms with Crippen LogP contribution in [-0.4, -0.2) is 35.7 Å². The van der Waals surface area contributed by atoms with E-state index in [1.807, 2.05) is 0 Å². The summed E-state index contributed by atoms with van der Waals surface area (Å²) in [5.41, 5.74) is 10.5. The van der Waals surface area contributed by atoms with Crippen molar-refractivity contribution in [2.45, 2.75) is 46.0 Å². The maximum atomic E-state index is 9.75. The third-order valence-corrected chi connectivity index (χ3v) is 3.38. The molecule has 0 bridgehead atoms. The van der Waals surface area contributed by atoms with Crippen LogP contribution in [0.5, 0.6) is 0 Å². The third-order valence-electron chi connectivity index (χ3n) is 3.07. The molecule has 132 valence electrons. The molecule has 0 saturated carbocycles. The van der Waals surface area contributed by atoms with Crippen LogP contribution in [0.1, 0.15) is 46.0 Å². The van der Waals surface area contributed by atoms with E-state index >= 15 is 0 Å². The van der Waals surface area contributed by atoms with Gasteiger partial charge < -0.3 is 27.7 Å². The number of rotatable bonds is 7. The zero-order valence-electron chi connectivity index (χ0n) is 13.4. The van der Waals surface area contributed by atoms with Crippen molar-refractivity contribution in [2.75, 3.05) is 13.1 Å². The summed E-state index contributed by atoms with van der Waals surface area (Å²) < 4.78 is 39.0. The molecular formula is C14H22BClF4N3-. The van der Waals surface area contributed by atoms with Crippen LogP contribution in [0.4, 0.5) is 17.3 Å². The van der Waals surface area contributed by atoms with Crippen molar-refractivity contribution in [3.05, 3.63) is 28.4 Å². The van der Waals surface area contributed by atoms with Gasteiger partial charge in [0.25, 0.3) is 5.71 Å². The zero-order valence-corrected chi connectivity index (χ0v) is 14.2. The topological polar surface area (TPSA) is 39.6 Å². The molecule has 1 aliphatic carbocycles. The smallest absolute Gasteiger partial charge is 0.418 e. The Morgan fingerprint density at radius 1 is 1.17 bits per heavy atom. The highest BCUT2D eigenvalue weighted by molar-refractivity contribution is 6.50. The van der Waals surface area contributed by atoms with Gasteiger partial charge in [-0.15, -0.1) is 0 Å². The number of hydrogen-bond donors (Lipinski definition) is 0. The van der Waals surface area contributed by atoms with Crippen LogP contribution < -0.4 is 0 Å². The standard InChI is InChI=1S/C14H22ClN3.BF4/c1-3-5-9-18(10-6-4-2)14-8-7-12(17-16)11-13(14)15;2-1(3,4)5/h8,11H,3-7,9-10H2,1-2H3;/q;-1. The molecule has 0 fully saturated rings. The summed E-state index contributed by atoms with van der Waals surface area (Å²) in [6.07, 6.45) is 9.17. The summed E-state index contributed by atoms with van der Waals surface area (Å²) in [6, 6.07) is 0. The van der Waals surface area contributed by atoms with Gasteiger partial charge in [0.2, 0.25) is 0 Å². The fraction of sp³-hybridized carbons (Fsp3) is 0.643. The van der Waals surface area contributed by atoms with Crippen LogP contribution in [0.2, 0.25) is 0 Å². The summed E-state index contributed by atoms with van der Waals surface area (Å²) in [5.74, 6) is 0. The quantitative estimate of drug-likeness (QED) is 0.266. The van der Waals surface area contributed by atoms with Crippen molar-refractivity contribution in [3.63, 3.8) is 0 Å². The Hall–Kier alpha value is -1.27. The van der Waals surface area contributed by atoms with Gasteiger partial charge in [0, 0.05) is 19.2 Å². The fourth-order valence-corrected chi connectivity index (χ4v) is 2.30. The molecule has 0 atom stereocenters. The second-order valence-corrected chi connectivity index (χ2v) is 5.47. The number of nitrogens with zero attached hydrogens (tertiary/aromatic N) is 3. The van der Waals surface area contributed by atoms with E-state index in [-0.39, 0.29) is 0 Å². The van der Waals surface area contributed by atoms with Crippen LogP contribution in [0.25, 0.3) is 5.53 Å². The predicted octanol–water partition coefficient (Wildman–Crippen LogP) is 5.27. The molecule has 0 unspecified atom stereocenters. The highest BCUT2D eigenvalue weighted by Crippen LogP contribution is 2.24. The second-order valence-electron chi connectivity index (χ2n) is 5.07. The highest BCUT2D eigenvalue weighted by Gasteiger charge is 2.21. The molecule has 1 rings (SSSR count). The minimum absolute atomic E-state index is 0.620. The monoisotopic (exact) mass is 354 g/mol. The lowest BCUT2D eigenvalue weighted by Gasteiger charge is -2.28.